The van der Waals surface area contributed by atoms with E-state index in [2.05, 4.69) is 26.3 Å². The molecule has 1 N–H and O–H groups in total. The first-order valence-corrected chi connectivity index (χ1v) is 9.69. The number of rotatable bonds is 6. The van der Waals surface area contributed by atoms with Crippen molar-refractivity contribution in [1.29, 1.82) is 0 Å². The van der Waals surface area contributed by atoms with Gasteiger partial charge in [0.15, 0.2) is 0 Å². The Morgan fingerprint density at radius 1 is 1.19 bits per heavy atom. The van der Waals surface area contributed by atoms with Crippen LogP contribution in [0.15, 0.2) is 59.2 Å². The molecule has 4 rings (SSSR count). The highest BCUT2D eigenvalue weighted by Crippen LogP contribution is 2.43. The van der Waals surface area contributed by atoms with E-state index in [1.54, 1.807) is 7.11 Å². The van der Waals surface area contributed by atoms with Crippen molar-refractivity contribution < 1.29 is 9.53 Å². The highest BCUT2D eigenvalue weighted by atomic mass is 79.9. The van der Waals surface area contributed by atoms with Crippen molar-refractivity contribution in [1.82, 2.24) is 9.78 Å². The van der Waals surface area contributed by atoms with Crippen molar-refractivity contribution in [2.24, 2.45) is 0 Å². The van der Waals surface area contributed by atoms with Crippen LogP contribution in [0.3, 0.4) is 0 Å². The monoisotopic (exact) mass is 425 g/mol. The normalized spacial score (nSPS) is 13.4. The van der Waals surface area contributed by atoms with Crippen molar-refractivity contribution in [2.75, 3.05) is 12.4 Å². The predicted octanol–water partition coefficient (Wildman–Crippen LogP) is 4.83. The lowest BCUT2D eigenvalue weighted by atomic mass is 10.1. The Labute approximate surface area is 166 Å². The van der Waals surface area contributed by atoms with E-state index in [4.69, 9.17) is 4.74 Å². The van der Waals surface area contributed by atoms with Crippen LogP contribution in [-0.2, 0) is 6.54 Å². The summed E-state index contributed by atoms with van der Waals surface area (Å²) < 4.78 is 8.26. The van der Waals surface area contributed by atoms with Gasteiger partial charge in [0.05, 0.1) is 30.0 Å². The standard InChI is InChI=1S/C21H20BrN3O2/c1-27-18-10-8-17(9-11-18)24-21(26)16-4-2-14(3-5-16)13-25-20(15-6-7-15)19(22)12-23-25/h2-5,8-12,15H,6-7,13H2,1H3,(H,24,26). The second-order valence-corrected chi connectivity index (χ2v) is 7.54. The van der Waals surface area contributed by atoms with Crippen LogP contribution in [0.5, 0.6) is 5.75 Å². The van der Waals surface area contributed by atoms with Crippen LogP contribution in [-0.4, -0.2) is 22.8 Å². The molecular formula is C21H20BrN3O2. The van der Waals surface area contributed by atoms with Crippen LogP contribution in [0.2, 0.25) is 0 Å². The largest absolute Gasteiger partial charge is 0.497 e. The second kappa shape index (κ2) is 7.56. The number of nitrogens with zero attached hydrogens (tertiary/aromatic N) is 2. The summed E-state index contributed by atoms with van der Waals surface area (Å²) in [5, 5.41) is 7.38. The predicted molar refractivity (Wildman–Crippen MR) is 108 cm³/mol. The minimum absolute atomic E-state index is 0.132. The van der Waals surface area contributed by atoms with Gasteiger partial charge in [-0.25, -0.2) is 0 Å². The molecule has 138 valence electrons. The summed E-state index contributed by atoms with van der Waals surface area (Å²) >= 11 is 3.60. The Morgan fingerprint density at radius 2 is 1.89 bits per heavy atom. The van der Waals surface area contributed by atoms with Gasteiger partial charge in [0, 0.05) is 17.2 Å². The lowest BCUT2D eigenvalue weighted by molar-refractivity contribution is 0.102. The van der Waals surface area contributed by atoms with Gasteiger partial charge < -0.3 is 10.1 Å². The summed E-state index contributed by atoms with van der Waals surface area (Å²) in [5.41, 5.74) is 3.75. The summed E-state index contributed by atoms with van der Waals surface area (Å²) in [6.45, 7) is 0.706. The lowest BCUT2D eigenvalue weighted by Crippen LogP contribution is -2.12. The van der Waals surface area contributed by atoms with E-state index >= 15 is 0 Å². The minimum atomic E-state index is -0.132. The number of ether oxygens (including phenoxy) is 1. The van der Waals surface area contributed by atoms with Gasteiger partial charge in [-0.15, -0.1) is 0 Å². The average Bonchev–Trinajstić information content (AvgIpc) is 3.46. The SMILES string of the molecule is COc1ccc(NC(=O)c2ccc(Cn3ncc(Br)c3C3CC3)cc2)cc1. The molecule has 1 heterocycles. The first-order valence-electron chi connectivity index (χ1n) is 8.89. The molecule has 1 amide bonds. The maximum absolute atomic E-state index is 12.4. The molecule has 1 saturated carbocycles. The quantitative estimate of drug-likeness (QED) is 0.614. The fraction of sp³-hybridized carbons (Fsp3) is 0.238. The van der Waals surface area contributed by atoms with E-state index in [1.165, 1.54) is 18.5 Å². The molecule has 6 heteroatoms. The van der Waals surface area contributed by atoms with E-state index in [0.29, 0.717) is 18.0 Å². The van der Waals surface area contributed by atoms with Gasteiger partial charge in [0.25, 0.3) is 5.91 Å². The number of hydrogen-bond donors (Lipinski definition) is 1. The fourth-order valence-electron chi connectivity index (χ4n) is 3.07. The number of benzene rings is 2. The summed E-state index contributed by atoms with van der Waals surface area (Å²) in [5.74, 6) is 1.25. The number of carbonyl (C=O) groups excluding carboxylic acids is 1. The van der Waals surface area contributed by atoms with Gasteiger partial charge in [-0.1, -0.05) is 12.1 Å². The molecule has 0 bridgehead atoms. The van der Waals surface area contributed by atoms with Crippen LogP contribution in [0.4, 0.5) is 5.69 Å². The first-order chi connectivity index (χ1) is 13.1. The van der Waals surface area contributed by atoms with E-state index in [0.717, 1.165) is 21.5 Å². The zero-order chi connectivity index (χ0) is 18.8. The number of amides is 1. The number of carbonyl (C=O) groups is 1. The first kappa shape index (κ1) is 17.8. The molecule has 0 aliphatic heterocycles. The van der Waals surface area contributed by atoms with Gasteiger partial charge in [-0.3, -0.25) is 9.48 Å². The summed E-state index contributed by atoms with van der Waals surface area (Å²) in [6, 6.07) is 14.9. The van der Waals surface area contributed by atoms with E-state index in [9.17, 15) is 4.79 Å². The molecule has 0 atom stereocenters. The summed E-state index contributed by atoms with van der Waals surface area (Å²) in [4.78, 5) is 12.4. The maximum Gasteiger partial charge on any atom is 0.255 e. The van der Waals surface area contributed by atoms with Crippen LogP contribution in [0.1, 0.15) is 40.4 Å². The van der Waals surface area contributed by atoms with Gasteiger partial charge in [-0.2, -0.15) is 5.10 Å². The molecule has 5 nitrogen and oxygen atoms in total. The molecule has 0 unspecified atom stereocenters. The van der Waals surface area contributed by atoms with Crippen molar-refractivity contribution in [3.63, 3.8) is 0 Å². The van der Waals surface area contributed by atoms with Gasteiger partial charge >= 0.3 is 0 Å². The van der Waals surface area contributed by atoms with Crippen molar-refractivity contribution in [3.05, 3.63) is 76.0 Å². The topological polar surface area (TPSA) is 56.1 Å². The average molecular weight is 426 g/mol. The van der Waals surface area contributed by atoms with E-state index < -0.39 is 0 Å². The third kappa shape index (κ3) is 4.06. The molecular weight excluding hydrogens is 406 g/mol. The number of nitrogens with one attached hydrogen (secondary N) is 1. The van der Waals surface area contributed by atoms with Crippen LogP contribution in [0.25, 0.3) is 0 Å². The molecule has 2 aromatic carbocycles. The van der Waals surface area contributed by atoms with E-state index in [1.807, 2.05) is 59.4 Å². The van der Waals surface area contributed by atoms with Crippen molar-refractivity contribution >= 4 is 27.5 Å². The summed E-state index contributed by atoms with van der Waals surface area (Å²) in [6.07, 6.45) is 4.33. The minimum Gasteiger partial charge on any atom is -0.497 e. The zero-order valence-corrected chi connectivity index (χ0v) is 16.6. The molecule has 1 aliphatic rings. The van der Waals surface area contributed by atoms with Crippen LogP contribution in [0, 0.1) is 0 Å². The molecule has 3 aromatic rings. The Kier molecular flexibility index (Phi) is 4.99. The van der Waals surface area contributed by atoms with Crippen molar-refractivity contribution in [2.45, 2.75) is 25.3 Å². The zero-order valence-electron chi connectivity index (χ0n) is 15.0. The Bertz CT molecular complexity index is 945. The van der Waals surface area contributed by atoms with Gasteiger partial charge in [-0.05, 0) is 70.7 Å². The number of halogens is 1. The third-order valence-corrected chi connectivity index (χ3v) is 5.30. The molecule has 1 fully saturated rings. The van der Waals surface area contributed by atoms with Gasteiger partial charge in [0.1, 0.15) is 5.75 Å². The maximum atomic E-state index is 12.4. The molecule has 1 aliphatic carbocycles. The highest BCUT2D eigenvalue weighted by molar-refractivity contribution is 9.10. The Hall–Kier alpha value is -2.60. The number of aromatic nitrogens is 2. The van der Waals surface area contributed by atoms with Crippen LogP contribution >= 0.6 is 15.9 Å². The Balaban J connectivity index is 1.43. The second-order valence-electron chi connectivity index (χ2n) is 6.69. The van der Waals surface area contributed by atoms with Crippen molar-refractivity contribution in [3.8, 4) is 5.75 Å². The smallest absolute Gasteiger partial charge is 0.255 e. The van der Waals surface area contributed by atoms with Crippen LogP contribution < -0.4 is 10.1 Å². The summed E-state index contributed by atoms with van der Waals surface area (Å²) in [7, 11) is 1.62. The molecule has 1 aromatic heterocycles. The third-order valence-electron chi connectivity index (χ3n) is 4.69. The lowest BCUT2D eigenvalue weighted by Gasteiger charge is -2.09. The molecule has 27 heavy (non-hydrogen) atoms. The Morgan fingerprint density at radius 3 is 2.52 bits per heavy atom. The van der Waals surface area contributed by atoms with Gasteiger partial charge in [0.2, 0.25) is 0 Å². The highest BCUT2D eigenvalue weighted by Gasteiger charge is 2.29. The molecule has 0 spiro atoms. The molecule has 0 saturated heterocycles. The van der Waals surface area contributed by atoms with E-state index in [-0.39, 0.29) is 5.91 Å². The fourth-order valence-corrected chi connectivity index (χ4v) is 3.69. The molecule has 0 radical (unpaired) electrons. The number of methoxy groups -OCH3 is 1. The number of anilines is 1. The number of hydrogen-bond acceptors (Lipinski definition) is 3.